The molecule has 1 aromatic heterocycles. The highest BCUT2D eigenvalue weighted by molar-refractivity contribution is 6.30. The Labute approximate surface area is 232 Å². The first kappa shape index (κ1) is 25.4. The molecule has 1 atom stereocenters. The number of aromatic amines is 1. The van der Waals surface area contributed by atoms with E-state index in [1.54, 1.807) is 0 Å². The van der Waals surface area contributed by atoms with E-state index in [0.29, 0.717) is 26.2 Å². The number of halogens is 1. The SMILES string of the molecule is O=C(Nc1ccc2[nH]nc(-c3ccccc3)c2c1)[C@@H]1CCN(CC(=O)N2CCN(c3cccc(Cl)c3)CC2)C1. The van der Waals surface area contributed by atoms with Gasteiger partial charge in [-0.3, -0.25) is 19.6 Å². The van der Waals surface area contributed by atoms with E-state index in [9.17, 15) is 9.59 Å². The number of nitrogens with one attached hydrogen (secondary N) is 2. The van der Waals surface area contributed by atoms with Crippen molar-refractivity contribution in [3.05, 3.63) is 77.8 Å². The number of amides is 2. The number of benzene rings is 3. The summed E-state index contributed by atoms with van der Waals surface area (Å²) in [4.78, 5) is 32.4. The van der Waals surface area contributed by atoms with Gasteiger partial charge in [-0.1, -0.05) is 48.0 Å². The quantitative estimate of drug-likeness (QED) is 0.375. The topological polar surface area (TPSA) is 84.6 Å². The zero-order valence-electron chi connectivity index (χ0n) is 21.6. The van der Waals surface area contributed by atoms with Gasteiger partial charge in [0, 0.05) is 60.1 Å². The number of likely N-dealkylation sites (tertiary alicyclic amines) is 1. The molecule has 2 aliphatic heterocycles. The predicted octanol–water partition coefficient (Wildman–Crippen LogP) is 4.49. The number of fused-ring (bicyclic) bond motifs is 1. The number of aromatic nitrogens is 2. The van der Waals surface area contributed by atoms with Crippen LogP contribution in [0.3, 0.4) is 0 Å². The Morgan fingerprint density at radius 2 is 1.77 bits per heavy atom. The van der Waals surface area contributed by atoms with E-state index in [2.05, 4.69) is 25.3 Å². The summed E-state index contributed by atoms with van der Waals surface area (Å²) in [6.45, 7) is 4.61. The summed E-state index contributed by atoms with van der Waals surface area (Å²) in [6, 6.07) is 23.6. The lowest BCUT2D eigenvalue weighted by Gasteiger charge is -2.36. The molecule has 2 amide bonds. The summed E-state index contributed by atoms with van der Waals surface area (Å²) in [5.74, 6) is -0.0315. The van der Waals surface area contributed by atoms with Crippen LogP contribution in [0.5, 0.6) is 0 Å². The Morgan fingerprint density at radius 3 is 2.56 bits per heavy atom. The van der Waals surface area contributed by atoms with Crippen LogP contribution < -0.4 is 10.2 Å². The van der Waals surface area contributed by atoms with Gasteiger partial charge in [-0.05, 0) is 49.4 Å². The number of carbonyl (C=O) groups is 2. The number of nitrogens with zero attached hydrogens (tertiary/aromatic N) is 4. The molecule has 4 aromatic rings. The molecule has 3 aromatic carbocycles. The number of piperazine rings is 1. The number of H-pyrrole nitrogens is 1. The Morgan fingerprint density at radius 1 is 0.949 bits per heavy atom. The van der Waals surface area contributed by atoms with E-state index in [-0.39, 0.29) is 17.7 Å². The summed E-state index contributed by atoms with van der Waals surface area (Å²) in [7, 11) is 0. The molecule has 2 aliphatic rings. The molecule has 200 valence electrons. The molecule has 2 fully saturated rings. The number of hydrogen-bond acceptors (Lipinski definition) is 5. The maximum atomic E-state index is 13.1. The zero-order chi connectivity index (χ0) is 26.8. The lowest BCUT2D eigenvalue weighted by Crippen LogP contribution is -2.51. The van der Waals surface area contributed by atoms with Gasteiger partial charge in [-0.15, -0.1) is 0 Å². The van der Waals surface area contributed by atoms with Crippen molar-refractivity contribution in [1.29, 1.82) is 0 Å². The van der Waals surface area contributed by atoms with Crippen LogP contribution in [-0.4, -0.2) is 77.6 Å². The lowest BCUT2D eigenvalue weighted by molar-refractivity contribution is -0.132. The summed E-state index contributed by atoms with van der Waals surface area (Å²) in [5.41, 5.74) is 4.64. The molecule has 8 nitrogen and oxygen atoms in total. The highest BCUT2D eigenvalue weighted by Crippen LogP contribution is 2.29. The van der Waals surface area contributed by atoms with Crippen molar-refractivity contribution in [3.63, 3.8) is 0 Å². The van der Waals surface area contributed by atoms with Gasteiger partial charge in [0.25, 0.3) is 0 Å². The fourth-order valence-corrected chi connectivity index (χ4v) is 5.71. The van der Waals surface area contributed by atoms with Crippen LogP contribution in [0, 0.1) is 5.92 Å². The number of rotatable bonds is 6. The van der Waals surface area contributed by atoms with Crippen molar-refractivity contribution >= 4 is 45.7 Å². The highest BCUT2D eigenvalue weighted by Gasteiger charge is 2.31. The second-order valence-corrected chi connectivity index (χ2v) is 10.7. The van der Waals surface area contributed by atoms with Crippen LogP contribution in [0.15, 0.2) is 72.8 Å². The maximum Gasteiger partial charge on any atom is 0.236 e. The third-order valence-electron chi connectivity index (χ3n) is 7.69. The second-order valence-electron chi connectivity index (χ2n) is 10.3. The summed E-state index contributed by atoms with van der Waals surface area (Å²) in [5, 5.41) is 12.3. The summed E-state index contributed by atoms with van der Waals surface area (Å²) in [6.07, 6.45) is 0.741. The number of carbonyl (C=O) groups excluding carboxylic acids is 2. The van der Waals surface area contributed by atoms with Gasteiger partial charge in [0.05, 0.1) is 23.7 Å². The largest absolute Gasteiger partial charge is 0.368 e. The van der Waals surface area contributed by atoms with Crippen LogP contribution in [-0.2, 0) is 9.59 Å². The van der Waals surface area contributed by atoms with Crippen molar-refractivity contribution in [2.24, 2.45) is 5.92 Å². The number of hydrogen-bond donors (Lipinski definition) is 2. The monoisotopic (exact) mass is 542 g/mol. The first-order valence-electron chi connectivity index (χ1n) is 13.4. The molecule has 2 saturated heterocycles. The van der Waals surface area contributed by atoms with Crippen molar-refractivity contribution < 1.29 is 9.59 Å². The molecule has 0 aliphatic carbocycles. The van der Waals surface area contributed by atoms with Crippen LogP contribution in [0.4, 0.5) is 11.4 Å². The average Bonchev–Trinajstić information content (AvgIpc) is 3.61. The molecule has 3 heterocycles. The minimum Gasteiger partial charge on any atom is -0.368 e. The maximum absolute atomic E-state index is 13.1. The summed E-state index contributed by atoms with van der Waals surface area (Å²) >= 11 is 6.14. The fraction of sp³-hybridized carbons (Fsp3) is 0.300. The van der Waals surface area contributed by atoms with E-state index >= 15 is 0 Å². The molecule has 0 radical (unpaired) electrons. The van der Waals surface area contributed by atoms with Gasteiger partial charge in [-0.25, -0.2) is 0 Å². The van der Waals surface area contributed by atoms with Gasteiger partial charge in [0.1, 0.15) is 0 Å². The Hall–Kier alpha value is -3.88. The van der Waals surface area contributed by atoms with E-state index in [1.807, 2.05) is 77.7 Å². The van der Waals surface area contributed by atoms with Crippen LogP contribution in [0.2, 0.25) is 5.02 Å². The van der Waals surface area contributed by atoms with Gasteiger partial charge in [0.2, 0.25) is 11.8 Å². The van der Waals surface area contributed by atoms with Crippen molar-refractivity contribution in [2.75, 3.05) is 56.0 Å². The lowest BCUT2D eigenvalue weighted by atomic mass is 10.1. The normalized spacial score (nSPS) is 18.0. The van der Waals surface area contributed by atoms with E-state index in [0.717, 1.165) is 64.6 Å². The minimum atomic E-state index is -0.147. The molecule has 0 saturated carbocycles. The molecule has 9 heteroatoms. The molecule has 0 spiro atoms. The predicted molar refractivity (Wildman–Crippen MR) is 155 cm³/mol. The van der Waals surface area contributed by atoms with Crippen molar-refractivity contribution in [3.8, 4) is 11.3 Å². The molecule has 0 unspecified atom stereocenters. The zero-order valence-corrected chi connectivity index (χ0v) is 22.4. The first-order chi connectivity index (χ1) is 19.0. The van der Waals surface area contributed by atoms with Gasteiger partial charge >= 0.3 is 0 Å². The second kappa shape index (κ2) is 11.1. The third-order valence-corrected chi connectivity index (χ3v) is 7.92. The molecule has 39 heavy (non-hydrogen) atoms. The third kappa shape index (κ3) is 5.62. The fourth-order valence-electron chi connectivity index (χ4n) is 5.52. The van der Waals surface area contributed by atoms with Crippen molar-refractivity contribution in [1.82, 2.24) is 20.0 Å². The molecular formula is C30H31ClN6O2. The van der Waals surface area contributed by atoms with Gasteiger partial charge in [0.15, 0.2) is 0 Å². The molecule has 6 rings (SSSR count). The first-order valence-corrected chi connectivity index (χ1v) is 13.8. The van der Waals surface area contributed by atoms with Crippen LogP contribution in [0.1, 0.15) is 6.42 Å². The number of anilines is 2. The van der Waals surface area contributed by atoms with Gasteiger partial charge in [-0.2, -0.15) is 5.10 Å². The van der Waals surface area contributed by atoms with E-state index in [4.69, 9.17) is 11.6 Å². The van der Waals surface area contributed by atoms with Crippen molar-refractivity contribution in [2.45, 2.75) is 6.42 Å². The smallest absolute Gasteiger partial charge is 0.236 e. The summed E-state index contributed by atoms with van der Waals surface area (Å²) < 4.78 is 0. The van der Waals surface area contributed by atoms with Crippen LogP contribution >= 0.6 is 11.6 Å². The molecular weight excluding hydrogens is 512 g/mol. The van der Waals surface area contributed by atoms with Crippen LogP contribution in [0.25, 0.3) is 22.2 Å². The van der Waals surface area contributed by atoms with E-state index < -0.39 is 0 Å². The molecule has 0 bridgehead atoms. The Kier molecular flexibility index (Phi) is 7.22. The minimum absolute atomic E-state index is 0.0100. The van der Waals surface area contributed by atoms with Gasteiger partial charge < -0.3 is 15.1 Å². The highest BCUT2D eigenvalue weighted by atomic mass is 35.5. The van der Waals surface area contributed by atoms with E-state index in [1.165, 1.54) is 0 Å². The standard InChI is InChI=1S/C30H31ClN6O2/c31-23-7-4-8-25(17-23)36-13-15-37(16-14-36)28(38)20-35-12-11-22(19-35)30(39)32-24-9-10-27-26(18-24)29(34-33-27)21-5-2-1-3-6-21/h1-10,17-18,22H,11-16,19-20H2,(H,32,39)(H,33,34)/t22-/m1/s1. The Bertz CT molecular complexity index is 1480. The molecule has 2 N–H and O–H groups in total. The Balaban J connectivity index is 1.02. The average molecular weight is 543 g/mol.